The van der Waals surface area contributed by atoms with Crippen LogP contribution >= 0.6 is 0 Å². The third kappa shape index (κ3) is 3.22. The predicted molar refractivity (Wildman–Crippen MR) is 91.4 cm³/mol. The summed E-state index contributed by atoms with van der Waals surface area (Å²) in [6.45, 7) is 6.06. The van der Waals surface area contributed by atoms with Gasteiger partial charge in [-0.2, -0.15) is 0 Å². The van der Waals surface area contributed by atoms with Crippen LogP contribution < -0.4 is 5.32 Å². The molecule has 2 saturated carbocycles. The van der Waals surface area contributed by atoms with E-state index in [1.54, 1.807) is 0 Å². The number of nitrogens with one attached hydrogen (secondary N) is 1. The molecule has 2 heterocycles. The molecule has 1 amide bonds. The molecule has 3 aliphatic rings. The lowest BCUT2D eigenvalue weighted by Gasteiger charge is -2.57. The zero-order valence-corrected chi connectivity index (χ0v) is 15.2. The predicted octanol–water partition coefficient (Wildman–Crippen LogP) is 2.64. The Hall–Kier alpha value is -1.40. The summed E-state index contributed by atoms with van der Waals surface area (Å²) in [4.78, 5) is 17.2. The second-order valence-electron chi connectivity index (χ2n) is 7.72. The summed E-state index contributed by atoms with van der Waals surface area (Å²) >= 11 is 0. The SMILES string of the molecule is CCO[C@@H]1C[C@@H](NC(=O)c2oc(CC3CC3)nc2C)C12CCOCC2. The number of nitrogens with zero attached hydrogens (tertiary/aromatic N) is 1. The van der Waals surface area contributed by atoms with Crippen molar-refractivity contribution in [2.75, 3.05) is 19.8 Å². The summed E-state index contributed by atoms with van der Waals surface area (Å²) in [5.74, 6) is 1.63. The van der Waals surface area contributed by atoms with Gasteiger partial charge in [-0.05, 0) is 51.9 Å². The highest BCUT2D eigenvalue weighted by atomic mass is 16.5. The fraction of sp³-hybridized carbons (Fsp3) is 0.789. The third-order valence-corrected chi connectivity index (χ3v) is 6.09. The van der Waals surface area contributed by atoms with Crippen LogP contribution in [0.2, 0.25) is 0 Å². The van der Waals surface area contributed by atoms with Gasteiger partial charge in [0.05, 0.1) is 11.8 Å². The van der Waals surface area contributed by atoms with Crippen LogP contribution in [-0.4, -0.2) is 42.9 Å². The van der Waals surface area contributed by atoms with Crippen LogP contribution in [0.15, 0.2) is 4.42 Å². The second-order valence-corrected chi connectivity index (χ2v) is 7.72. The van der Waals surface area contributed by atoms with Gasteiger partial charge in [-0.3, -0.25) is 4.79 Å². The van der Waals surface area contributed by atoms with E-state index in [0.717, 1.165) is 38.9 Å². The highest BCUT2D eigenvalue weighted by Crippen LogP contribution is 2.50. The van der Waals surface area contributed by atoms with E-state index in [4.69, 9.17) is 13.9 Å². The van der Waals surface area contributed by atoms with Crippen molar-refractivity contribution in [1.82, 2.24) is 10.3 Å². The molecule has 2 atom stereocenters. The van der Waals surface area contributed by atoms with Crippen molar-refractivity contribution in [3.05, 3.63) is 17.3 Å². The van der Waals surface area contributed by atoms with Gasteiger partial charge in [0.25, 0.3) is 5.91 Å². The van der Waals surface area contributed by atoms with Crippen molar-refractivity contribution < 1.29 is 18.7 Å². The van der Waals surface area contributed by atoms with Crippen molar-refractivity contribution in [3.63, 3.8) is 0 Å². The van der Waals surface area contributed by atoms with Gasteiger partial charge in [-0.15, -0.1) is 0 Å². The molecule has 1 N–H and O–H groups in total. The number of ether oxygens (including phenoxy) is 2. The number of aromatic nitrogens is 1. The summed E-state index contributed by atoms with van der Waals surface area (Å²) in [7, 11) is 0. The molecule has 6 nitrogen and oxygen atoms in total. The van der Waals surface area contributed by atoms with E-state index >= 15 is 0 Å². The number of rotatable bonds is 6. The first-order valence-corrected chi connectivity index (χ1v) is 9.59. The fourth-order valence-corrected chi connectivity index (χ4v) is 4.35. The Bertz CT molecular complexity index is 631. The average molecular weight is 348 g/mol. The highest BCUT2D eigenvalue weighted by Gasteiger charge is 2.56. The number of hydrogen-bond acceptors (Lipinski definition) is 5. The Morgan fingerprint density at radius 2 is 2.12 bits per heavy atom. The summed E-state index contributed by atoms with van der Waals surface area (Å²) in [5.41, 5.74) is 0.698. The Morgan fingerprint density at radius 3 is 2.80 bits per heavy atom. The van der Waals surface area contributed by atoms with E-state index in [1.165, 1.54) is 12.8 Å². The van der Waals surface area contributed by atoms with Crippen LogP contribution in [0.4, 0.5) is 0 Å². The average Bonchev–Trinajstić information content (AvgIpc) is 3.35. The first-order chi connectivity index (χ1) is 12.1. The summed E-state index contributed by atoms with van der Waals surface area (Å²) in [6.07, 6.45) is 6.29. The van der Waals surface area contributed by atoms with Crippen molar-refractivity contribution in [2.24, 2.45) is 11.3 Å². The van der Waals surface area contributed by atoms with Crippen LogP contribution in [0, 0.1) is 18.3 Å². The minimum Gasteiger partial charge on any atom is -0.435 e. The maximum Gasteiger partial charge on any atom is 0.289 e. The zero-order chi connectivity index (χ0) is 17.4. The number of aryl methyl sites for hydroxylation is 1. The summed E-state index contributed by atoms with van der Waals surface area (Å²) in [6, 6.07) is 0.122. The molecule has 0 unspecified atom stereocenters. The molecule has 6 heteroatoms. The Labute approximate surface area is 148 Å². The van der Waals surface area contributed by atoms with E-state index in [1.807, 2.05) is 13.8 Å². The lowest BCUT2D eigenvalue weighted by atomic mass is 9.57. The monoisotopic (exact) mass is 348 g/mol. The minimum absolute atomic E-state index is 0.00862. The van der Waals surface area contributed by atoms with Gasteiger partial charge >= 0.3 is 0 Å². The molecule has 25 heavy (non-hydrogen) atoms. The largest absolute Gasteiger partial charge is 0.435 e. The molecule has 3 fully saturated rings. The molecule has 4 rings (SSSR count). The zero-order valence-electron chi connectivity index (χ0n) is 15.2. The van der Waals surface area contributed by atoms with Crippen LogP contribution in [0.5, 0.6) is 0 Å². The van der Waals surface area contributed by atoms with Crippen molar-refractivity contribution in [3.8, 4) is 0 Å². The third-order valence-electron chi connectivity index (χ3n) is 6.09. The summed E-state index contributed by atoms with van der Waals surface area (Å²) in [5, 5.41) is 3.20. The minimum atomic E-state index is -0.141. The number of carbonyl (C=O) groups is 1. The molecule has 1 spiro atoms. The Kier molecular flexibility index (Phi) is 4.58. The molecule has 2 aliphatic carbocycles. The van der Waals surface area contributed by atoms with Crippen molar-refractivity contribution in [1.29, 1.82) is 0 Å². The number of oxazole rings is 1. The van der Waals surface area contributed by atoms with Crippen LogP contribution in [-0.2, 0) is 15.9 Å². The normalized spacial score (nSPS) is 27.9. The Morgan fingerprint density at radius 1 is 1.36 bits per heavy atom. The van der Waals surface area contributed by atoms with Crippen LogP contribution in [0.3, 0.4) is 0 Å². The van der Waals surface area contributed by atoms with Gasteiger partial charge in [0.15, 0.2) is 5.89 Å². The van der Waals surface area contributed by atoms with E-state index in [0.29, 0.717) is 29.9 Å². The maximum atomic E-state index is 12.8. The maximum absolute atomic E-state index is 12.8. The van der Waals surface area contributed by atoms with E-state index in [9.17, 15) is 4.79 Å². The van der Waals surface area contributed by atoms with Gasteiger partial charge in [0, 0.05) is 37.7 Å². The molecule has 0 bridgehead atoms. The van der Waals surface area contributed by atoms with Gasteiger partial charge in [-0.1, -0.05) is 0 Å². The number of carbonyl (C=O) groups excluding carboxylic acids is 1. The van der Waals surface area contributed by atoms with E-state index in [-0.39, 0.29) is 23.5 Å². The molecule has 138 valence electrons. The van der Waals surface area contributed by atoms with Crippen LogP contribution in [0.25, 0.3) is 0 Å². The number of amides is 1. The lowest BCUT2D eigenvalue weighted by Crippen LogP contribution is -2.66. The number of hydrogen-bond donors (Lipinski definition) is 1. The highest BCUT2D eigenvalue weighted by molar-refractivity contribution is 5.92. The lowest BCUT2D eigenvalue weighted by molar-refractivity contribution is -0.170. The van der Waals surface area contributed by atoms with Gasteiger partial charge in [0.1, 0.15) is 0 Å². The van der Waals surface area contributed by atoms with Crippen LogP contribution in [0.1, 0.15) is 61.2 Å². The molecule has 1 aromatic heterocycles. The second kappa shape index (κ2) is 6.72. The molecule has 1 aliphatic heterocycles. The first kappa shape index (κ1) is 17.0. The van der Waals surface area contributed by atoms with Crippen molar-refractivity contribution >= 4 is 5.91 Å². The fourth-order valence-electron chi connectivity index (χ4n) is 4.35. The molecular formula is C19H28N2O4. The molecule has 0 radical (unpaired) electrons. The molecular weight excluding hydrogens is 320 g/mol. The topological polar surface area (TPSA) is 73.6 Å². The quantitative estimate of drug-likeness (QED) is 0.855. The van der Waals surface area contributed by atoms with E-state index in [2.05, 4.69) is 10.3 Å². The van der Waals surface area contributed by atoms with Gasteiger partial charge in [0.2, 0.25) is 5.76 Å². The van der Waals surface area contributed by atoms with Gasteiger partial charge < -0.3 is 19.2 Å². The summed E-state index contributed by atoms with van der Waals surface area (Å²) < 4.78 is 17.2. The Balaban J connectivity index is 1.44. The standard InChI is InChI=1S/C19H28N2O4/c1-3-24-15-11-14(19(15)6-8-23-9-7-19)21-18(22)17-12(2)20-16(25-17)10-13-4-5-13/h13-15H,3-11H2,1-2H3,(H,21,22)/t14-,15-/m1/s1. The molecule has 1 aromatic rings. The van der Waals surface area contributed by atoms with E-state index < -0.39 is 0 Å². The van der Waals surface area contributed by atoms with Gasteiger partial charge in [-0.25, -0.2) is 4.98 Å². The first-order valence-electron chi connectivity index (χ1n) is 9.59. The molecule has 0 aromatic carbocycles. The van der Waals surface area contributed by atoms with Crippen molar-refractivity contribution in [2.45, 2.75) is 64.5 Å². The smallest absolute Gasteiger partial charge is 0.289 e. The molecule has 1 saturated heterocycles.